The number of carbonyl (C=O) groups is 1. The van der Waals surface area contributed by atoms with E-state index in [2.05, 4.69) is 53.5 Å². The van der Waals surface area contributed by atoms with Crippen LogP contribution < -0.4 is 10.6 Å². The third kappa shape index (κ3) is 10.5. The molecule has 7 nitrogen and oxygen atoms in total. The van der Waals surface area contributed by atoms with Gasteiger partial charge in [0, 0.05) is 24.1 Å². The molecule has 2 heterocycles. The van der Waals surface area contributed by atoms with Crippen molar-refractivity contribution in [3.63, 3.8) is 0 Å². The lowest BCUT2D eigenvalue weighted by molar-refractivity contribution is 0.240. The number of unbranched alkanes of at least 4 members (excludes halogenated alkanes) is 13. The average molecular weight is 571 g/mol. The van der Waals surface area contributed by atoms with Gasteiger partial charge >= 0.3 is 6.03 Å². The molecule has 3 aromatic rings. The molecule has 8 heteroatoms. The zero-order valence-electron chi connectivity index (χ0n) is 25.3. The molecule has 3 N–H and O–H groups in total. The van der Waals surface area contributed by atoms with Crippen LogP contribution in [0.2, 0.25) is 5.02 Å². The molecule has 0 bridgehead atoms. The Morgan fingerprint density at radius 3 is 1.90 bits per heavy atom. The number of aromatic nitrogens is 4. The van der Waals surface area contributed by atoms with E-state index in [9.17, 15) is 4.79 Å². The van der Waals surface area contributed by atoms with Gasteiger partial charge in [-0.15, -0.1) is 9.73 Å². The first kappa shape index (κ1) is 32.0. The number of fused-ring (bicyclic) bond motifs is 1. The van der Waals surface area contributed by atoms with Crippen LogP contribution in [0.5, 0.6) is 0 Å². The summed E-state index contributed by atoms with van der Waals surface area (Å²) in [6.07, 6.45) is 18.7. The minimum absolute atomic E-state index is 0.115. The first-order valence-corrected chi connectivity index (χ1v) is 15.9. The summed E-state index contributed by atoms with van der Waals surface area (Å²) < 4.78 is 1.57. The minimum atomic E-state index is -0.154. The number of rotatable bonds is 18. The van der Waals surface area contributed by atoms with Crippen LogP contribution >= 0.6 is 11.6 Å². The van der Waals surface area contributed by atoms with E-state index in [0.29, 0.717) is 23.0 Å². The van der Waals surface area contributed by atoms with Gasteiger partial charge in [-0.25, -0.2) is 4.79 Å². The molecule has 2 amide bonds. The minimum Gasteiger partial charge on any atom is -0.338 e. The summed E-state index contributed by atoms with van der Waals surface area (Å²) >= 11 is 6.55. The maximum atomic E-state index is 12.2. The standard InChI is InChI=1S/C32H51ClN6O/c1-5-6-7-8-9-10-11-12-13-14-15-16-17-18-23-34-31(40)35-24-25-19-21-26(22-20-25)29-36-30-27(33)28(32(2,3)4)37-39(30)38-29/h19-22H,5-18,23-24H2,1-4H3,(H,36,38)(H2,34,35,40). The normalized spacial score (nSPS) is 11.8. The third-order valence-corrected chi connectivity index (χ3v) is 7.81. The summed E-state index contributed by atoms with van der Waals surface area (Å²) in [5, 5.41) is 15.6. The Hall–Kier alpha value is -2.54. The monoisotopic (exact) mass is 570 g/mol. The second-order valence-electron chi connectivity index (χ2n) is 12.1. The number of H-pyrrole nitrogens is 1. The van der Waals surface area contributed by atoms with Gasteiger partial charge in [0.1, 0.15) is 5.02 Å². The summed E-state index contributed by atoms with van der Waals surface area (Å²) in [6, 6.07) is 7.85. The van der Waals surface area contributed by atoms with Gasteiger partial charge in [0.25, 0.3) is 0 Å². The Bertz CT molecular complexity index is 1140. The second kappa shape index (κ2) is 16.7. The SMILES string of the molecule is CCCCCCCCCCCCCCCCNC(=O)NCc1ccc(-c2nn3nc(C(C)(C)C)c(Cl)c3[nH]2)cc1. The van der Waals surface area contributed by atoms with Gasteiger partial charge in [-0.1, -0.05) is 147 Å². The Balaban J connectivity index is 1.23. The number of benzene rings is 1. The van der Waals surface area contributed by atoms with Crippen molar-refractivity contribution in [1.82, 2.24) is 30.4 Å². The maximum absolute atomic E-state index is 12.2. The molecule has 0 spiro atoms. The van der Waals surface area contributed by atoms with E-state index in [-0.39, 0.29) is 11.4 Å². The first-order valence-electron chi connectivity index (χ1n) is 15.6. The number of amides is 2. The van der Waals surface area contributed by atoms with Crippen LogP contribution in [0.25, 0.3) is 17.0 Å². The molecule has 0 aliphatic rings. The number of hydrogen-bond donors (Lipinski definition) is 3. The fourth-order valence-corrected chi connectivity index (χ4v) is 5.40. The molecule has 0 fully saturated rings. The molecular formula is C32H51ClN6O. The fraction of sp³-hybridized carbons (Fsp3) is 0.656. The lowest BCUT2D eigenvalue weighted by Crippen LogP contribution is -2.35. The van der Waals surface area contributed by atoms with Crippen molar-refractivity contribution < 1.29 is 4.79 Å². The van der Waals surface area contributed by atoms with Crippen molar-refractivity contribution in [2.75, 3.05) is 6.54 Å². The number of nitrogens with one attached hydrogen (secondary N) is 3. The van der Waals surface area contributed by atoms with Crippen LogP contribution in [0.1, 0.15) is 129 Å². The smallest absolute Gasteiger partial charge is 0.315 e. The Morgan fingerprint density at radius 2 is 1.38 bits per heavy atom. The van der Waals surface area contributed by atoms with Crippen molar-refractivity contribution in [3.05, 3.63) is 40.5 Å². The summed E-state index contributed by atoms with van der Waals surface area (Å²) in [7, 11) is 0. The molecule has 0 aliphatic heterocycles. The van der Waals surface area contributed by atoms with E-state index in [4.69, 9.17) is 11.6 Å². The van der Waals surface area contributed by atoms with Gasteiger partial charge in [0.15, 0.2) is 11.5 Å². The largest absolute Gasteiger partial charge is 0.338 e. The van der Waals surface area contributed by atoms with Crippen LogP contribution in [0.4, 0.5) is 4.79 Å². The summed E-state index contributed by atoms with van der Waals surface area (Å²) in [5.41, 5.74) is 3.33. The molecule has 3 rings (SSSR count). The molecule has 0 atom stereocenters. The zero-order chi connectivity index (χ0) is 28.8. The highest BCUT2D eigenvalue weighted by atomic mass is 35.5. The molecule has 0 aliphatic carbocycles. The van der Waals surface area contributed by atoms with Crippen LogP contribution in [0, 0.1) is 0 Å². The van der Waals surface area contributed by atoms with Gasteiger partial charge < -0.3 is 15.6 Å². The Kier molecular flexibility index (Phi) is 13.3. The van der Waals surface area contributed by atoms with E-state index in [1.54, 1.807) is 4.63 Å². The van der Waals surface area contributed by atoms with Crippen LogP contribution in [0.15, 0.2) is 24.3 Å². The number of hydrogen-bond acceptors (Lipinski definition) is 3. The van der Waals surface area contributed by atoms with E-state index >= 15 is 0 Å². The van der Waals surface area contributed by atoms with Gasteiger partial charge in [-0.2, -0.15) is 5.10 Å². The molecule has 1 aromatic carbocycles. The number of halogens is 1. The maximum Gasteiger partial charge on any atom is 0.315 e. The van der Waals surface area contributed by atoms with E-state index in [0.717, 1.165) is 29.8 Å². The molecular weight excluding hydrogens is 520 g/mol. The van der Waals surface area contributed by atoms with Crippen LogP contribution in [-0.2, 0) is 12.0 Å². The molecule has 0 radical (unpaired) electrons. The molecule has 222 valence electrons. The molecule has 2 aromatic heterocycles. The first-order chi connectivity index (χ1) is 19.3. The quantitative estimate of drug-likeness (QED) is 0.133. The van der Waals surface area contributed by atoms with Gasteiger partial charge in [0.05, 0.1) is 5.69 Å². The summed E-state index contributed by atoms with van der Waals surface area (Å²) in [5.74, 6) is 0.704. The van der Waals surface area contributed by atoms with Crippen molar-refractivity contribution in [3.8, 4) is 11.4 Å². The highest BCUT2D eigenvalue weighted by Crippen LogP contribution is 2.31. The van der Waals surface area contributed by atoms with Crippen LogP contribution in [-0.4, -0.2) is 32.4 Å². The van der Waals surface area contributed by atoms with Gasteiger partial charge in [0.2, 0.25) is 0 Å². The molecule has 0 saturated heterocycles. The van der Waals surface area contributed by atoms with Crippen molar-refractivity contribution >= 4 is 23.3 Å². The summed E-state index contributed by atoms with van der Waals surface area (Å²) in [4.78, 5) is 15.5. The van der Waals surface area contributed by atoms with Crippen molar-refractivity contribution in [2.45, 2.75) is 130 Å². The highest BCUT2D eigenvalue weighted by Gasteiger charge is 2.25. The van der Waals surface area contributed by atoms with Crippen LogP contribution in [0.3, 0.4) is 0 Å². The van der Waals surface area contributed by atoms with Crippen molar-refractivity contribution in [1.29, 1.82) is 0 Å². The van der Waals surface area contributed by atoms with E-state index in [1.165, 1.54) is 83.5 Å². The number of aromatic amines is 1. The number of nitrogens with zero attached hydrogens (tertiary/aromatic N) is 3. The Morgan fingerprint density at radius 1 is 0.825 bits per heavy atom. The Labute approximate surface area is 246 Å². The predicted octanol–water partition coefficient (Wildman–Crippen LogP) is 8.96. The zero-order valence-corrected chi connectivity index (χ0v) is 26.0. The number of urea groups is 1. The predicted molar refractivity (Wildman–Crippen MR) is 167 cm³/mol. The van der Waals surface area contributed by atoms with Gasteiger partial charge in [-0.3, -0.25) is 0 Å². The van der Waals surface area contributed by atoms with E-state index in [1.807, 2.05) is 24.3 Å². The summed E-state index contributed by atoms with van der Waals surface area (Å²) in [6.45, 7) is 9.71. The van der Waals surface area contributed by atoms with Gasteiger partial charge in [-0.05, 0) is 12.0 Å². The second-order valence-corrected chi connectivity index (χ2v) is 12.5. The molecule has 0 unspecified atom stereocenters. The fourth-order valence-electron chi connectivity index (χ4n) is 4.95. The number of carbonyl (C=O) groups excluding carboxylic acids is 1. The lowest BCUT2D eigenvalue weighted by atomic mass is 9.92. The molecule has 40 heavy (non-hydrogen) atoms. The highest BCUT2D eigenvalue weighted by molar-refractivity contribution is 6.34. The van der Waals surface area contributed by atoms with E-state index < -0.39 is 0 Å². The lowest BCUT2D eigenvalue weighted by Gasteiger charge is -2.14. The topological polar surface area (TPSA) is 87.1 Å². The van der Waals surface area contributed by atoms with Crippen molar-refractivity contribution in [2.24, 2.45) is 0 Å². The average Bonchev–Trinajstić information content (AvgIpc) is 3.49. The third-order valence-electron chi connectivity index (χ3n) is 7.45. The molecule has 0 saturated carbocycles.